The van der Waals surface area contributed by atoms with Crippen molar-refractivity contribution >= 4 is 39.9 Å². The first-order chi connectivity index (χ1) is 10.1. The fourth-order valence-corrected chi connectivity index (χ4v) is 2.60. The summed E-state index contributed by atoms with van der Waals surface area (Å²) in [5.74, 6) is -0.502. The van der Waals surface area contributed by atoms with Gasteiger partial charge in [-0.05, 0) is 31.0 Å². The number of rotatable bonds is 4. The Morgan fingerprint density at radius 3 is 2.81 bits per heavy atom. The summed E-state index contributed by atoms with van der Waals surface area (Å²) in [6.07, 6.45) is 2.04. The third-order valence-corrected chi connectivity index (χ3v) is 3.95. The van der Waals surface area contributed by atoms with Crippen LogP contribution in [0.3, 0.4) is 0 Å². The molecular formula is C14H12ClN3O2S. The maximum Gasteiger partial charge on any atom is 0.271 e. The number of hydrogen-bond acceptors (Lipinski definition) is 4. The molecule has 1 saturated carbocycles. The highest BCUT2D eigenvalue weighted by Crippen LogP contribution is 2.21. The number of carbonyl (C=O) groups is 2. The Balaban J connectivity index is 1.66. The van der Waals surface area contributed by atoms with Crippen LogP contribution < -0.4 is 10.6 Å². The first-order valence-corrected chi connectivity index (χ1v) is 7.71. The lowest BCUT2D eigenvalue weighted by molar-refractivity contribution is 0.0945. The quantitative estimate of drug-likeness (QED) is 0.909. The van der Waals surface area contributed by atoms with Crippen LogP contribution >= 0.6 is 22.9 Å². The molecule has 5 nitrogen and oxygen atoms in total. The van der Waals surface area contributed by atoms with E-state index in [0.29, 0.717) is 21.4 Å². The molecule has 0 bridgehead atoms. The molecule has 1 aromatic heterocycles. The molecule has 0 spiro atoms. The van der Waals surface area contributed by atoms with Gasteiger partial charge in [-0.2, -0.15) is 0 Å². The summed E-state index contributed by atoms with van der Waals surface area (Å²) in [6.45, 7) is 0. The summed E-state index contributed by atoms with van der Waals surface area (Å²) in [4.78, 5) is 28.0. The zero-order chi connectivity index (χ0) is 14.8. The summed E-state index contributed by atoms with van der Waals surface area (Å²) in [7, 11) is 0. The summed E-state index contributed by atoms with van der Waals surface area (Å²) in [5.41, 5.74) is 0.773. The van der Waals surface area contributed by atoms with Gasteiger partial charge in [0, 0.05) is 22.0 Å². The second-order valence-electron chi connectivity index (χ2n) is 4.75. The largest absolute Gasteiger partial charge is 0.348 e. The normalized spacial score (nSPS) is 13.8. The highest BCUT2D eigenvalue weighted by Gasteiger charge is 2.25. The Labute approximate surface area is 130 Å². The lowest BCUT2D eigenvalue weighted by Crippen LogP contribution is -2.25. The molecule has 0 radical (unpaired) electrons. The van der Waals surface area contributed by atoms with Crippen LogP contribution in [0.15, 0.2) is 29.6 Å². The Hall–Kier alpha value is -1.92. The molecule has 7 heteroatoms. The summed E-state index contributed by atoms with van der Waals surface area (Å²) >= 11 is 7.06. The smallest absolute Gasteiger partial charge is 0.271 e. The van der Waals surface area contributed by atoms with Crippen LogP contribution in [0.4, 0.5) is 5.13 Å². The van der Waals surface area contributed by atoms with E-state index >= 15 is 0 Å². The molecule has 0 aliphatic heterocycles. The monoisotopic (exact) mass is 321 g/mol. The highest BCUT2D eigenvalue weighted by molar-refractivity contribution is 7.14. The molecule has 21 heavy (non-hydrogen) atoms. The van der Waals surface area contributed by atoms with Gasteiger partial charge in [0.15, 0.2) is 5.13 Å². The van der Waals surface area contributed by atoms with Crippen LogP contribution in [-0.2, 0) is 0 Å². The Morgan fingerprint density at radius 2 is 2.10 bits per heavy atom. The zero-order valence-electron chi connectivity index (χ0n) is 10.9. The number of carbonyl (C=O) groups excluding carboxylic acids is 2. The van der Waals surface area contributed by atoms with Gasteiger partial charge in [0.2, 0.25) is 0 Å². The Kier molecular flexibility index (Phi) is 3.90. The maximum atomic E-state index is 12.0. The molecule has 2 aromatic rings. The Bertz CT molecular complexity index is 697. The fraction of sp³-hybridized carbons (Fsp3) is 0.214. The number of aromatic nitrogens is 1. The Morgan fingerprint density at radius 1 is 1.29 bits per heavy atom. The van der Waals surface area contributed by atoms with E-state index in [1.54, 1.807) is 29.6 Å². The number of thiazole rings is 1. The standard InChI is InChI=1S/C14H12ClN3O2S/c15-9-3-1-2-8(6-9)12(19)18-14-17-11(7-21-14)13(20)16-10-4-5-10/h1-3,6-7,10H,4-5H2,(H,16,20)(H,17,18,19). The second-order valence-corrected chi connectivity index (χ2v) is 6.04. The maximum absolute atomic E-state index is 12.0. The van der Waals surface area contributed by atoms with Crippen molar-refractivity contribution in [3.8, 4) is 0 Å². The van der Waals surface area contributed by atoms with Crippen molar-refractivity contribution in [1.82, 2.24) is 10.3 Å². The van der Waals surface area contributed by atoms with Crippen LogP contribution in [0, 0.1) is 0 Å². The number of nitrogens with zero attached hydrogens (tertiary/aromatic N) is 1. The molecule has 1 aliphatic carbocycles. The van der Waals surface area contributed by atoms with Gasteiger partial charge in [-0.1, -0.05) is 17.7 Å². The third-order valence-electron chi connectivity index (χ3n) is 2.96. The van der Waals surface area contributed by atoms with Crippen LogP contribution in [0.1, 0.15) is 33.7 Å². The first kappa shape index (κ1) is 14.0. The summed E-state index contributed by atoms with van der Waals surface area (Å²) in [5, 5.41) is 8.02. The molecule has 1 aliphatic rings. The number of nitrogens with one attached hydrogen (secondary N) is 2. The predicted octanol–water partition coefficient (Wildman–Crippen LogP) is 2.94. The van der Waals surface area contributed by atoms with Crippen molar-refractivity contribution < 1.29 is 9.59 Å². The van der Waals surface area contributed by atoms with E-state index in [2.05, 4.69) is 15.6 Å². The van der Waals surface area contributed by atoms with Gasteiger partial charge in [-0.25, -0.2) is 4.98 Å². The van der Waals surface area contributed by atoms with Gasteiger partial charge in [0.25, 0.3) is 11.8 Å². The molecule has 2 amide bonds. The van der Waals surface area contributed by atoms with E-state index in [-0.39, 0.29) is 17.9 Å². The van der Waals surface area contributed by atoms with Gasteiger partial charge >= 0.3 is 0 Å². The third kappa shape index (κ3) is 3.59. The number of hydrogen-bond donors (Lipinski definition) is 2. The van der Waals surface area contributed by atoms with E-state index in [1.165, 1.54) is 11.3 Å². The minimum Gasteiger partial charge on any atom is -0.348 e. The average Bonchev–Trinajstić information content (AvgIpc) is 3.14. The van der Waals surface area contributed by atoms with Crippen LogP contribution in [0.5, 0.6) is 0 Å². The predicted molar refractivity (Wildman–Crippen MR) is 82.0 cm³/mol. The van der Waals surface area contributed by atoms with E-state index in [0.717, 1.165) is 12.8 Å². The summed E-state index contributed by atoms with van der Waals surface area (Å²) in [6, 6.07) is 6.92. The fourth-order valence-electron chi connectivity index (χ4n) is 1.72. The summed E-state index contributed by atoms with van der Waals surface area (Å²) < 4.78 is 0. The van der Waals surface area contributed by atoms with Crippen molar-refractivity contribution in [3.05, 3.63) is 45.9 Å². The van der Waals surface area contributed by atoms with E-state index in [1.807, 2.05) is 0 Å². The van der Waals surface area contributed by atoms with Gasteiger partial charge in [-0.15, -0.1) is 11.3 Å². The molecule has 1 aromatic carbocycles. The van der Waals surface area contributed by atoms with Crippen molar-refractivity contribution in [2.24, 2.45) is 0 Å². The molecule has 0 saturated heterocycles. The van der Waals surface area contributed by atoms with Crippen molar-refractivity contribution in [1.29, 1.82) is 0 Å². The highest BCUT2D eigenvalue weighted by atomic mass is 35.5. The van der Waals surface area contributed by atoms with Crippen molar-refractivity contribution in [3.63, 3.8) is 0 Å². The van der Waals surface area contributed by atoms with Crippen molar-refractivity contribution in [2.45, 2.75) is 18.9 Å². The van der Waals surface area contributed by atoms with Gasteiger partial charge in [-0.3, -0.25) is 14.9 Å². The molecule has 108 valence electrons. The number of amides is 2. The number of benzene rings is 1. The topological polar surface area (TPSA) is 71.1 Å². The van der Waals surface area contributed by atoms with E-state index < -0.39 is 0 Å². The van der Waals surface area contributed by atoms with E-state index in [4.69, 9.17) is 11.6 Å². The second kappa shape index (κ2) is 5.83. The SMILES string of the molecule is O=C(Nc1nc(C(=O)NC2CC2)cs1)c1cccc(Cl)c1. The average molecular weight is 322 g/mol. The van der Waals surface area contributed by atoms with Gasteiger partial charge in [0.1, 0.15) is 5.69 Å². The molecule has 0 atom stereocenters. The number of halogens is 1. The molecule has 3 rings (SSSR count). The molecule has 1 fully saturated rings. The van der Waals surface area contributed by atoms with Gasteiger partial charge in [0.05, 0.1) is 0 Å². The lowest BCUT2D eigenvalue weighted by atomic mass is 10.2. The first-order valence-electron chi connectivity index (χ1n) is 6.45. The van der Waals surface area contributed by atoms with E-state index in [9.17, 15) is 9.59 Å². The minimum atomic E-state index is -0.305. The molecular weight excluding hydrogens is 310 g/mol. The van der Waals surface area contributed by atoms with Crippen LogP contribution in [-0.4, -0.2) is 22.8 Å². The minimum absolute atomic E-state index is 0.197. The van der Waals surface area contributed by atoms with Gasteiger partial charge < -0.3 is 5.32 Å². The van der Waals surface area contributed by atoms with Crippen molar-refractivity contribution in [2.75, 3.05) is 5.32 Å². The zero-order valence-corrected chi connectivity index (χ0v) is 12.5. The molecule has 2 N–H and O–H groups in total. The van der Waals surface area contributed by atoms with Crippen LogP contribution in [0.25, 0.3) is 0 Å². The molecule has 0 unspecified atom stereocenters. The molecule has 1 heterocycles. The number of anilines is 1. The lowest BCUT2D eigenvalue weighted by Gasteiger charge is -2.02. The van der Waals surface area contributed by atoms with Crippen LogP contribution in [0.2, 0.25) is 5.02 Å².